The normalized spacial score (nSPS) is 31.6. The summed E-state index contributed by atoms with van der Waals surface area (Å²) in [5.41, 5.74) is -2.26. The van der Waals surface area contributed by atoms with E-state index in [9.17, 15) is 20.1 Å². The zero-order valence-electron chi connectivity index (χ0n) is 15.3. The Morgan fingerprint density at radius 3 is 2.08 bits per heavy atom. The number of hydrogen-bond acceptors (Lipinski definition) is 7. The molecular weight excluding hydrogens is 334 g/mol. The summed E-state index contributed by atoms with van der Waals surface area (Å²) in [6.45, 7) is 9.02. The molecule has 0 aliphatic carbocycles. The first-order valence-electron chi connectivity index (χ1n) is 8.25. The first kappa shape index (κ1) is 21.5. The minimum atomic E-state index is -1.35. The molecule has 1 aliphatic rings. The number of nitrogens with one attached hydrogen (secondary N) is 1. The van der Waals surface area contributed by atoms with Crippen molar-refractivity contribution in [2.24, 2.45) is 0 Å². The maximum atomic E-state index is 12.3. The lowest BCUT2D eigenvalue weighted by molar-refractivity contribution is -0.218. The van der Waals surface area contributed by atoms with Gasteiger partial charge in [0.15, 0.2) is 0 Å². The average molecular weight is 365 g/mol. The number of aliphatic hydroxyl groups is 3. The molecule has 0 bridgehead atoms. The van der Waals surface area contributed by atoms with Crippen LogP contribution < -0.4 is 5.32 Å². The molecule has 1 heterocycles. The molecule has 1 fully saturated rings. The van der Waals surface area contributed by atoms with Crippen LogP contribution in [-0.2, 0) is 9.47 Å². The van der Waals surface area contributed by atoms with Crippen LogP contribution in [-0.4, -0.2) is 68.7 Å². The van der Waals surface area contributed by atoms with Crippen LogP contribution in [0, 0.1) is 0 Å². The highest BCUT2D eigenvalue weighted by atomic mass is 32.2. The summed E-state index contributed by atoms with van der Waals surface area (Å²) in [4.78, 5) is 12.3. The number of rotatable bonds is 5. The van der Waals surface area contributed by atoms with Gasteiger partial charge in [0, 0.05) is 0 Å². The topological polar surface area (TPSA) is 108 Å². The van der Waals surface area contributed by atoms with Gasteiger partial charge in [-0.2, -0.15) is 0 Å². The Labute approximate surface area is 148 Å². The van der Waals surface area contributed by atoms with Gasteiger partial charge in [-0.25, -0.2) is 4.79 Å². The number of carbonyl (C=O) groups excluding carboxylic acids is 1. The molecule has 7 nitrogen and oxygen atoms in total. The van der Waals surface area contributed by atoms with Gasteiger partial charge < -0.3 is 30.1 Å². The van der Waals surface area contributed by atoms with Gasteiger partial charge in [-0.3, -0.25) is 0 Å². The second-order valence-electron chi connectivity index (χ2n) is 7.12. The average Bonchev–Trinajstić information content (AvgIpc) is 2.49. The van der Waals surface area contributed by atoms with Gasteiger partial charge in [0.1, 0.15) is 35.5 Å². The maximum Gasteiger partial charge on any atom is 0.408 e. The van der Waals surface area contributed by atoms with E-state index in [1.54, 1.807) is 27.0 Å². The lowest BCUT2D eigenvalue weighted by Gasteiger charge is -2.48. The van der Waals surface area contributed by atoms with Crippen molar-refractivity contribution in [1.82, 2.24) is 5.32 Å². The third kappa shape index (κ3) is 4.76. The quantitative estimate of drug-likeness (QED) is 0.580. The van der Waals surface area contributed by atoms with Gasteiger partial charge in [0.25, 0.3) is 0 Å². The first-order valence-corrected chi connectivity index (χ1v) is 9.53. The molecule has 0 aromatic carbocycles. The first-order chi connectivity index (χ1) is 11.0. The van der Waals surface area contributed by atoms with Crippen molar-refractivity contribution >= 4 is 17.9 Å². The van der Waals surface area contributed by atoms with E-state index >= 15 is 0 Å². The number of ether oxygens (including phenoxy) is 2. The molecule has 142 valence electrons. The number of thioether (sulfide) groups is 1. The molecule has 1 amide bonds. The Bertz CT molecular complexity index is 421. The largest absolute Gasteiger partial charge is 0.444 e. The van der Waals surface area contributed by atoms with Gasteiger partial charge in [0.05, 0.1) is 5.54 Å². The van der Waals surface area contributed by atoms with Gasteiger partial charge in [-0.05, 0) is 39.9 Å². The second kappa shape index (κ2) is 8.23. The predicted molar refractivity (Wildman–Crippen MR) is 92.9 cm³/mol. The van der Waals surface area contributed by atoms with Crippen molar-refractivity contribution in [3.63, 3.8) is 0 Å². The van der Waals surface area contributed by atoms with Crippen LogP contribution in [0.3, 0.4) is 0 Å². The fourth-order valence-corrected chi connectivity index (χ4v) is 3.58. The van der Waals surface area contributed by atoms with E-state index in [-0.39, 0.29) is 0 Å². The minimum absolute atomic E-state index is 0.467. The van der Waals surface area contributed by atoms with E-state index in [1.807, 2.05) is 13.8 Å². The third-order valence-electron chi connectivity index (χ3n) is 4.36. The van der Waals surface area contributed by atoms with Crippen molar-refractivity contribution in [3.8, 4) is 0 Å². The lowest BCUT2D eigenvalue weighted by Crippen LogP contribution is -2.68. The van der Waals surface area contributed by atoms with Crippen molar-refractivity contribution < 1.29 is 29.6 Å². The fraction of sp³-hybridized carbons (Fsp3) is 0.938. The SMILES string of the molecule is CCC(CC)(NC(=O)OC(C)(C)C)C1OC(SC)C(O)C(O)C1O. The molecule has 1 saturated heterocycles. The molecule has 5 unspecified atom stereocenters. The maximum absolute atomic E-state index is 12.3. The minimum Gasteiger partial charge on any atom is -0.444 e. The van der Waals surface area contributed by atoms with Crippen LogP contribution in [0.15, 0.2) is 0 Å². The van der Waals surface area contributed by atoms with Crippen molar-refractivity contribution in [3.05, 3.63) is 0 Å². The summed E-state index contributed by atoms with van der Waals surface area (Å²) in [6, 6.07) is 0. The highest BCUT2D eigenvalue weighted by Gasteiger charge is 2.52. The molecular formula is C16H31NO6S. The van der Waals surface area contributed by atoms with Gasteiger partial charge >= 0.3 is 6.09 Å². The smallest absolute Gasteiger partial charge is 0.408 e. The summed E-state index contributed by atoms with van der Waals surface area (Å²) < 4.78 is 11.2. The molecule has 0 aromatic heterocycles. The Kier molecular flexibility index (Phi) is 7.37. The van der Waals surface area contributed by atoms with Gasteiger partial charge in [-0.15, -0.1) is 11.8 Å². The lowest BCUT2D eigenvalue weighted by atomic mass is 9.80. The van der Waals surface area contributed by atoms with Crippen LogP contribution in [0.25, 0.3) is 0 Å². The van der Waals surface area contributed by atoms with E-state index in [2.05, 4.69) is 5.32 Å². The number of hydrogen-bond donors (Lipinski definition) is 4. The molecule has 0 saturated carbocycles. The molecule has 1 aliphatic heterocycles. The van der Waals surface area contributed by atoms with Gasteiger partial charge in [0.2, 0.25) is 0 Å². The molecule has 0 aromatic rings. The van der Waals surface area contributed by atoms with E-state index in [4.69, 9.17) is 9.47 Å². The Balaban J connectivity index is 3.06. The highest BCUT2D eigenvalue weighted by Crippen LogP contribution is 2.35. The highest BCUT2D eigenvalue weighted by molar-refractivity contribution is 7.99. The Hall–Kier alpha value is -0.540. The summed E-state index contributed by atoms with van der Waals surface area (Å²) in [7, 11) is 0. The zero-order valence-corrected chi connectivity index (χ0v) is 16.1. The molecule has 8 heteroatoms. The molecule has 24 heavy (non-hydrogen) atoms. The van der Waals surface area contributed by atoms with Crippen LogP contribution in [0.2, 0.25) is 0 Å². The summed E-state index contributed by atoms with van der Waals surface area (Å²) in [6.07, 6.45) is -2.66. The number of aliphatic hydroxyl groups excluding tert-OH is 3. The molecule has 4 N–H and O–H groups in total. The van der Waals surface area contributed by atoms with Crippen LogP contribution >= 0.6 is 11.8 Å². The van der Waals surface area contributed by atoms with E-state index in [1.165, 1.54) is 11.8 Å². The van der Waals surface area contributed by atoms with E-state index in [0.717, 1.165) is 0 Å². The standard InChI is InChI=1S/C16H31NO6S/c1-7-16(8-2,17-14(21)23-15(3,4)5)12-10(19)9(18)11(20)13(22-12)24-6/h9-13,18-20H,7-8H2,1-6H3,(H,17,21). The van der Waals surface area contributed by atoms with Crippen molar-refractivity contribution in [2.45, 2.75) is 88.5 Å². The molecule has 5 atom stereocenters. The van der Waals surface area contributed by atoms with Gasteiger partial charge in [-0.1, -0.05) is 13.8 Å². The number of amides is 1. The Morgan fingerprint density at radius 2 is 1.67 bits per heavy atom. The summed E-state index contributed by atoms with van der Waals surface area (Å²) >= 11 is 1.24. The zero-order chi connectivity index (χ0) is 18.7. The monoisotopic (exact) mass is 365 g/mol. The number of alkyl carbamates (subject to hydrolysis) is 1. The molecule has 0 spiro atoms. The summed E-state index contributed by atoms with van der Waals surface area (Å²) in [5.74, 6) is 0. The predicted octanol–water partition coefficient (Wildman–Crippen LogP) is 1.24. The number of carbonyl (C=O) groups is 1. The van der Waals surface area contributed by atoms with Crippen molar-refractivity contribution in [2.75, 3.05) is 6.26 Å². The van der Waals surface area contributed by atoms with E-state index < -0.39 is 47.1 Å². The molecule has 0 radical (unpaired) electrons. The second-order valence-corrected chi connectivity index (χ2v) is 8.06. The fourth-order valence-electron chi connectivity index (χ4n) is 2.91. The van der Waals surface area contributed by atoms with Crippen molar-refractivity contribution in [1.29, 1.82) is 0 Å². The Morgan fingerprint density at radius 1 is 1.12 bits per heavy atom. The van der Waals surface area contributed by atoms with E-state index in [0.29, 0.717) is 12.8 Å². The van der Waals surface area contributed by atoms with Crippen LogP contribution in [0.1, 0.15) is 47.5 Å². The third-order valence-corrected chi connectivity index (χ3v) is 5.21. The van der Waals surface area contributed by atoms with Crippen LogP contribution in [0.4, 0.5) is 4.79 Å². The molecule has 1 rings (SSSR count). The van der Waals surface area contributed by atoms with Crippen LogP contribution in [0.5, 0.6) is 0 Å². The summed E-state index contributed by atoms with van der Waals surface area (Å²) in [5, 5.41) is 33.4.